The highest BCUT2D eigenvalue weighted by atomic mass is 32.2. The SMILES string of the molecule is Cc1noc(C)c1S(=O)(=O)N1CCCN(C(=O)c2ccc(CSc3nccn3C)o2)CC1. The third-order valence-electron chi connectivity index (χ3n) is 5.30. The quantitative estimate of drug-likeness (QED) is 0.495. The Balaban J connectivity index is 1.40. The minimum absolute atomic E-state index is 0.109. The monoisotopic (exact) mass is 479 g/mol. The number of rotatable bonds is 6. The number of hydrogen-bond acceptors (Lipinski definition) is 8. The van der Waals surface area contributed by atoms with E-state index >= 15 is 0 Å². The van der Waals surface area contributed by atoms with E-state index in [0.29, 0.717) is 36.7 Å². The molecule has 3 aromatic heterocycles. The average Bonchev–Trinajstić information content (AvgIpc) is 3.41. The third-order valence-corrected chi connectivity index (χ3v) is 8.52. The molecule has 1 amide bonds. The standard InChI is InChI=1S/C20H25N5O5S2/c1-14-18(15(2)30-22-14)32(27,28)25-9-4-8-24(11-12-25)19(26)17-6-5-16(29-17)13-31-20-21-7-10-23(20)3/h5-7,10H,4,8-9,11-13H2,1-3H3. The Kier molecular flexibility index (Phi) is 6.45. The summed E-state index contributed by atoms with van der Waals surface area (Å²) in [5.41, 5.74) is 0.339. The van der Waals surface area contributed by atoms with Crippen LogP contribution in [0.3, 0.4) is 0 Å². The van der Waals surface area contributed by atoms with Crippen LogP contribution in [0, 0.1) is 13.8 Å². The van der Waals surface area contributed by atoms with Crippen molar-refractivity contribution in [2.75, 3.05) is 26.2 Å². The Labute approximate surface area is 190 Å². The minimum Gasteiger partial charge on any atom is -0.455 e. The van der Waals surface area contributed by atoms with Crippen LogP contribution in [0.5, 0.6) is 0 Å². The van der Waals surface area contributed by atoms with Crippen molar-refractivity contribution >= 4 is 27.7 Å². The maximum atomic E-state index is 13.1. The summed E-state index contributed by atoms with van der Waals surface area (Å²) in [5, 5.41) is 4.62. The maximum absolute atomic E-state index is 13.1. The molecule has 32 heavy (non-hydrogen) atoms. The Morgan fingerprint density at radius 3 is 2.69 bits per heavy atom. The Morgan fingerprint density at radius 2 is 2.00 bits per heavy atom. The van der Waals surface area contributed by atoms with Gasteiger partial charge in [-0.15, -0.1) is 0 Å². The van der Waals surface area contributed by atoms with E-state index in [4.69, 9.17) is 8.94 Å². The maximum Gasteiger partial charge on any atom is 0.289 e. The zero-order chi connectivity index (χ0) is 22.9. The lowest BCUT2D eigenvalue weighted by atomic mass is 10.3. The number of carbonyl (C=O) groups is 1. The van der Waals surface area contributed by atoms with Gasteiger partial charge in [0.25, 0.3) is 5.91 Å². The molecule has 172 valence electrons. The fraction of sp³-hybridized carbons (Fsp3) is 0.450. The number of aromatic nitrogens is 3. The second-order valence-corrected chi connectivity index (χ2v) is 10.4. The van der Waals surface area contributed by atoms with Crippen molar-refractivity contribution in [1.82, 2.24) is 23.9 Å². The first-order valence-corrected chi connectivity index (χ1v) is 12.6. The molecule has 0 unspecified atom stereocenters. The molecule has 10 nitrogen and oxygen atoms in total. The van der Waals surface area contributed by atoms with Crippen molar-refractivity contribution in [3.05, 3.63) is 47.5 Å². The molecule has 0 aliphatic carbocycles. The topological polar surface area (TPSA) is 115 Å². The summed E-state index contributed by atoms with van der Waals surface area (Å²) in [7, 11) is -1.82. The van der Waals surface area contributed by atoms with Crippen LogP contribution in [0.4, 0.5) is 0 Å². The van der Waals surface area contributed by atoms with Gasteiger partial charge >= 0.3 is 0 Å². The van der Waals surface area contributed by atoms with Gasteiger partial charge in [0.15, 0.2) is 16.7 Å². The molecule has 3 aromatic rings. The van der Waals surface area contributed by atoms with E-state index in [0.717, 1.165) is 5.16 Å². The molecule has 0 spiro atoms. The Morgan fingerprint density at radius 1 is 1.19 bits per heavy atom. The first-order valence-electron chi connectivity index (χ1n) is 10.2. The number of nitrogens with zero attached hydrogens (tertiary/aromatic N) is 5. The third kappa shape index (κ3) is 4.48. The first-order chi connectivity index (χ1) is 15.3. The smallest absolute Gasteiger partial charge is 0.289 e. The van der Waals surface area contributed by atoms with Crippen LogP contribution in [0.25, 0.3) is 0 Å². The lowest BCUT2D eigenvalue weighted by Gasteiger charge is -2.21. The van der Waals surface area contributed by atoms with Crippen LogP contribution in [-0.4, -0.2) is 64.4 Å². The molecule has 1 saturated heterocycles. The molecule has 12 heteroatoms. The average molecular weight is 480 g/mol. The fourth-order valence-electron chi connectivity index (χ4n) is 3.66. The van der Waals surface area contributed by atoms with Crippen molar-refractivity contribution in [2.24, 2.45) is 7.05 Å². The van der Waals surface area contributed by atoms with E-state index in [1.54, 1.807) is 37.1 Å². The number of furan rings is 1. The van der Waals surface area contributed by atoms with Crippen molar-refractivity contribution in [2.45, 2.75) is 36.1 Å². The van der Waals surface area contributed by atoms with Gasteiger partial charge in [0.2, 0.25) is 10.0 Å². The number of hydrogen-bond donors (Lipinski definition) is 0. The van der Waals surface area contributed by atoms with Gasteiger partial charge in [-0.2, -0.15) is 4.31 Å². The minimum atomic E-state index is -3.74. The fourth-order valence-corrected chi connectivity index (χ4v) is 6.25. The highest BCUT2D eigenvalue weighted by Crippen LogP contribution is 2.25. The second kappa shape index (κ2) is 9.12. The van der Waals surface area contributed by atoms with Crippen molar-refractivity contribution < 1.29 is 22.2 Å². The molecule has 0 saturated carbocycles. The molecule has 0 aromatic carbocycles. The van der Waals surface area contributed by atoms with Crippen LogP contribution in [0.15, 0.2) is 43.5 Å². The van der Waals surface area contributed by atoms with E-state index in [9.17, 15) is 13.2 Å². The highest BCUT2D eigenvalue weighted by molar-refractivity contribution is 7.98. The molecule has 1 aliphatic rings. The van der Waals surface area contributed by atoms with Crippen LogP contribution >= 0.6 is 11.8 Å². The van der Waals surface area contributed by atoms with Gasteiger partial charge in [-0.3, -0.25) is 4.79 Å². The van der Waals surface area contributed by atoms with E-state index in [1.807, 2.05) is 17.8 Å². The van der Waals surface area contributed by atoms with Crippen molar-refractivity contribution in [3.63, 3.8) is 0 Å². The van der Waals surface area contributed by atoms with Gasteiger partial charge in [-0.05, 0) is 32.4 Å². The van der Waals surface area contributed by atoms with E-state index in [1.165, 1.54) is 16.1 Å². The molecule has 0 bridgehead atoms. The summed E-state index contributed by atoms with van der Waals surface area (Å²) in [6.45, 7) is 4.43. The molecule has 1 aliphatic heterocycles. The summed E-state index contributed by atoms with van der Waals surface area (Å²) in [6, 6.07) is 3.45. The van der Waals surface area contributed by atoms with Crippen molar-refractivity contribution in [3.8, 4) is 0 Å². The first kappa shape index (κ1) is 22.6. The predicted molar refractivity (Wildman–Crippen MR) is 117 cm³/mol. The van der Waals surface area contributed by atoms with Crippen LogP contribution < -0.4 is 0 Å². The molecule has 1 fully saturated rings. The van der Waals surface area contributed by atoms with Gasteiger partial charge in [-0.25, -0.2) is 13.4 Å². The zero-order valence-electron chi connectivity index (χ0n) is 18.1. The van der Waals surface area contributed by atoms with Gasteiger partial charge in [0, 0.05) is 45.6 Å². The molecule has 4 rings (SSSR count). The number of carbonyl (C=O) groups excluding carboxylic acids is 1. The summed E-state index contributed by atoms with van der Waals surface area (Å²) < 4.78 is 40.3. The summed E-state index contributed by atoms with van der Waals surface area (Å²) in [4.78, 5) is 19.0. The molecule has 4 heterocycles. The zero-order valence-corrected chi connectivity index (χ0v) is 19.8. The van der Waals surface area contributed by atoms with E-state index in [2.05, 4.69) is 10.1 Å². The molecule has 0 atom stereocenters. The van der Waals surface area contributed by atoms with Crippen LogP contribution in [0.1, 0.15) is 34.2 Å². The number of sulfonamides is 1. The van der Waals surface area contributed by atoms with Gasteiger partial charge in [0.05, 0.1) is 5.75 Å². The number of aryl methyl sites for hydroxylation is 3. The molecule has 0 radical (unpaired) electrons. The van der Waals surface area contributed by atoms with Gasteiger partial charge in [-0.1, -0.05) is 16.9 Å². The molecule has 0 N–H and O–H groups in total. The second-order valence-electron chi connectivity index (χ2n) is 7.58. The number of thioether (sulfide) groups is 1. The number of imidazole rings is 1. The van der Waals surface area contributed by atoms with Crippen LogP contribution in [-0.2, 0) is 22.8 Å². The summed E-state index contributed by atoms with van der Waals surface area (Å²) >= 11 is 1.52. The summed E-state index contributed by atoms with van der Waals surface area (Å²) in [6.07, 6.45) is 4.12. The number of amides is 1. The largest absolute Gasteiger partial charge is 0.455 e. The molecular formula is C20H25N5O5S2. The van der Waals surface area contributed by atoms with Crippen molar-refractivity contribution in [1.29, 1.82) is 0 Å². The lowest BCUT2D eigenvalue weighted by Crippen LogP contribution is -2.37. The lowest BCUT2D eigenvalue weighted by molar-refractivity contribution is 0.0731. The highest BCUT2D eigenvalue weighted by Gasteiger charge is 2.33. The van der Waals surface area contributed by atoms with Gasteiger partial charge in [0.1, 0.15) is 16.3 Å². The van der Waals surface area contributed by atoms with Gasteiger partial charge < -0.3 is 18.4 Å². The predicted octanol–water partition coefficient (Wildman–Crippen LogP) is 2.45. The normalized spacial score (nSPS) is 15.8. The Bertz CT molecular complexity index is 1190. The van der Waals surface area contributed by atoms with Crippen LogP contribution in [0.2, 0.25) is 0 Å². The summed E-state index contributed by atoms with van der Waals surface area (Å²) in [5.74, 6) is 1.52. The van der Waals surface area contributed by atoms with E-state index < -0.39 is 10.0 Å². The van der Waals surface area contributed by atoms with E-state index in [-0.39, 0.29) is 35.4 Å². The molecular weight excluding hydrogens is 454 g/mol. The Hall–Kier alpha value is -2.57.